The summed E-state index contributed by atoms with van der Waals surface area (Å²) in [6.07, 6.45) is 3.88. The Kier molecular flexibility index (Phi) is 26.8. The molecule has 1 saturated carbocycles. The monoisotopic (exact) mass is 397 g/mol. The maximum Gasteiger partial charge on any atom is 4.00 e. The first-order chi connectivity index (χ1) is 8.38. The second-order valence-electron chi connectivity index (χ2n) is 5.34. The summed E-state index contributed by atoms with van der Waals surface area (Å²) in [5.41, 5.74) is 0. The molecule has 0 spiro atoms. The van der Waals surface area contributed by atoms with E-state index in [1.807, 2.05) is 7.05 Å². The van der Waals surface area contributed by atoms with E-state index in [4.69, 9.17) is 11.6 Å². The first-order valence-electron chi connectivity index (χ1n) is 6.59. The van der Waals surface area contributed by atoms with Crippen molar-refractivity contribution in [1.29, 1.82) is 0 Å². The van der Waals surface area contributed by atoms with Gasteiger partial charge in [0.1, 0.15) is 0 Å². The van der Waals surface area contributed by atoms with Crippen molar-refractivity contribution in [1.82, 2.24) is 0 Å². The zero-order chi connectivity index (χ0) is 14.6. The Morgan fingerprint density at radius 3 is 1.65 bits per heavy atom. The van der Waals surface area contributed by atoms with Gasteiger partial charge in [-0.25, -0.2) is 0 Å². The van der Waals surface area contributed by atoms with E-state index in [1.165, 1.54) is 25.3 Å². The van der Waals surface area contributed by atoms with Gasteiger partial charge >= 0.3 is 26.2 Å². The average molecular weight is 399 g/mol. The van der Waals surface area contributed by atoms with Gasteiger partial charge in [-0.3, -0.25) is 0 Å². The average Bonchev–Trinajstić information content (AvgIpc) is 2.66. The largest absolute Gasteiger partial charge is 4.00 e. The maximum atomic E-state index is 6.22. The smallest absolute Gasteiger partial charge is 0.668 e. The summed E-state index contributed by atoms with van der Waals surface area (Å²) in [6, 6.07) is 1.29. The second-order valence-corrected chi connectivity index (χ2v) is 10.4. The standard InChI is InChI=1S/C9H19ClNSi.2C2H6N.CH3.Zr/c1-11-12(2,3)7-8-5-4-6-9(8)10;2*1-3-2;;/h8-9H,4-7H2,1-3H3;2*1-2H3;1H3;/q4*-1;+4. The van der Waals surface area contributed by atoms with Gasteiger partial charge in [0.25, 0.3) is 0 Å². The van der Waals surface area contributed by atoms with Crippen LogP contribution in [0.1, 0.15) is 19.3 Å². The summed E-state index contributed by atoms with van der Waals surface area (Å²) >= 11 is 6.22. The third-order valence-corrected chi connectivity index (χ3v) is 6.24. The Labute approximate surface area is 153 Å². The quantitative estimate of drug-likeness (QED) is 0.352. The van der Waals surface area contributed by atoms with Crippen LogP contribution in [0.4, 0.5) is 0 Å². The van der Waals surface area contributed by atoms with Gasteiger partial charge in [0.05, 0.1) is 0 Å². The molecule has 2 atom stereocenters. The van der Waals surface area contributed by atoms with E-state index in [1.54, 1.807) is 28.2 Å². The summed E-state index contributed by atoms with van der Waals surface area (Å²) in [5, 5.41) is 7.44. The Morgan fingerprint density at radius 1 is 1.00 bits per heavy atom. The fraction of sp³-hybridized carbons (Fsp3) is 0.929. The SMILES string of the molecule is C[N-]C.C[N-]C.C[N-][Si](C)(C)CC1CCCC1Cl.[CH3-].[Zr+4]. The number of halogens is 1. The molecule has 0 saturated heterocycles. The van der Waals surface area contributed by atoms with Gasteiger partial charge in [0.15, 0.2) is 0 Å². The molecule has 0 aliphatic heterocycles. The van der Waals surface area contributed by atoms with Gasteiger partial charge in [-0.05, 0) is 18.8 Å². The molecule has 1 aliphatic carbocycles. The van der Waals surface area contributed by atoms with Crippen LogP contribution in [0.5, 0.6) is 0 Å². The summed E-state index contributed by atoms with van der Waals surface area (Å²) in [6.45, 7) is 4.66. The number of hydrogen-bond acceptors (Lipinski definition) is 0. The minimum absolute atomic E-state index is 0. The fourth-order valence-corrected chi connectivity index (χ4v) is 4.43. The van der Waals surface area contributed by atoms with Crippen LogP contribution in [0.2, 0.25) is 19.1 Å². The third-order valence-electron chi connectivity index (χ3n) is 2.93. The fourth-order valence-electron chi connectivity index (χ4n) is 1.95. The van der Waals surface area contributed by atoms with E-state index in [0.29, 0.717) is 5.38 Å². The number of alkyl halides is 1. The molecule has 1 aliphatic rings. The molecule has 0 aromatic heterocycles. The van der Waals surface area contributed by atoms with Gasteiger partial charge in [0, 0.05) is 5.38 Å². The Hall–Kier alpha value is 1.27. The summed E-state index contributed by atoms with van der Waals surface area (Å²) < 4.78 is 0. The van der Waals surface area contributed by atoms with E-state index in [2.05, 4.69) is 28.7 Å². The number of rotatable bonds is 3. The van der Waals surface area contributed by atoms with Crippen LogP contribution < -0.4 is 0 Å². The molecule has 0 amide bonds. The first-order valence-corrected chi connectivity index (χ1v) is 10.2. The van der Waals surface area contributed by atoms with Crippen molar-refractivity contribution >= 4 is 19.8 Å². The number of nitrogens with zero attached hydrogens (tertiary/aromatic N) is 3. The maximum absolute atomic E-state index is 6.22. The summed E-state index contributed by atoms with van der Waals surface area (Å²) in [7, 11) is 7.72. The van der Waals surface area contributed by atoms with Crippen molar-refractivity contribution in [2.24, 2.45) is 5.92 Å². The van der Waals surface area contributed by atoms with Gasteiger partial charge in [-0.15, -0.1) is 11.6 Å². The zero-order valence-corrected chi connectivity index (χ0v) is 18.9. The van der Waals surface area contributed by atoms with E-state index in [-0.39, 0.29) is 33.6 Å². The molecular formula is C14H34ClN3SiZr. The van der Waals surface area contributed by atoms with Crippen LogP contribution in [0.25, 0.3) is 15.6 Å². The van der Waals surface area contributed by atoms with E-state index >= 15 is 0 Å². The van der Waals surface area contributed by atoms with Gasteiger partial charge in [-0.1, -0.05) is 33.8 Å². The van der Waals surface area contributed by atoms with Crippen LogP contribution in [-0.2, 0) is 26.2 Å². The minimum atomic E-state index is -1.24. The molecule has 120 valence electrons. The van der Waals surface area contributed by atoms with Gasteiger partial charge < -0.3 is 23.0 Å². The Balaban J connectivity index is -0.000000139. The van der Waals surface area contributed by atoms with Crippen molar-refractivity contribution in [3.05, 3.63) is 23.0 Å². The predicted molar refractivity (Wildman–Crippen MR) is 95.4 cm³/mol. The van der Waals surface area contributed by atoms with Crippen molar-refractivity contribution in [3.8, 4) is 0 Å². The van der Waals surface area contributed by atoms with Gasteiger partial charge in [0.2, 0.25) is 0 Å². The van der Waals surface area contributed by atoms with Crippen LogP contribution >= 0.6 is 11.6 Å². The molecule has 2 unspecified atom stereocenters. The first kappa shape index (κ1) is 29.3. The minimum Gasteiger partial charge on any atom is -0.668 e. The van der Waals surface area contributed by atoms with E-state index in [9.17, 15) is 0 Å². The molecule has 0 heterocycles. The predicted octanol–water partition coefficient (Wildman–Crippen LogP) is 5.29. The molecule has 1 rings (SSSR count). The van der Waals surface area contributed by atoms with Crippen molar-refractivity contribution < 1.29 is 26.2 Å². The van der Waals surface area contributed by atoms with Crippen LogP contribution in [0.15, 0.2) is 0 Å². The molecule has 0 aromatic rings. The van der Waals surface area contributed by atoms with E-state index < -0.39 is 8.24 Å². The molecule has 20 heavy (non-hydrogen) atoms. The molecule has 0 aromatic carbocycles. The Bertz CT molecular complexity index is 184. The van der Waals surface area contributed by atoms with Crippen molar-refractivity contribution in [2.75, 3.05) is 35.2 Å². The van der Waals surface area contributed by atoms with E-state index in [0.717, 1.165) is 5.92 Å². The van der Waals surface area contributed by atoms with Crippen molar-refractivity contribution in [2.45, 2.75) is 43.8 Å². The molecule has 6 heteroatoms. The molecule has 0 radical (unpaired) electrons. The Morgan fingerprint density at radius 2 is 1.40 bits per heavy atom. The topological polar surface area (TPSA) is 42.3 Å². The molecule has 1 fully saturated rings. The summed E-state index contributed by atoms with van der Waals surface area (Å²) in [4.78, 5) is 4.50. The van der Waals surface area contributed by atoms with Crippen LogP contribution in [0, 0.1) is 13.3 Å². The second kappa shape index (κ2) is 18.3. The number of hydrogen-bond donors (Lipinski definition) is 0. The van der Waals surface area contributed by atoms with Gasteiger partial charge in [-0.2, -0.15) is 35.2 Å². The molecule has 3 nitrogen and oxygen atoms in total. The van der Waals surface area contributed by atoms with Crippen LogP contribution in [0.3, 0.4) is 0 Å². The van der Waals surface area contributed by atoms with Crippen molar-refractivity contribution in [3.63, 3.8) is 0 Å². The molecule has 0 N–H and O–H groups in total. The van der Waals surface area contributed by atoms with Crippen LogP contribution in [-0.4, -0.2) is 48.9 Å². The zero-order valence-electron chi connectivity index (χ0n) is 14.7. The summed E-state index contributed by atoms with van der Waals surface area (Å²) in [5.74, 6) is 0.761. The molecular weight excluding hydrogens is 365 g/mol. The molecule has 0 bridgehead atoms. The normalized spacial score (nSPS) is 20.4. The third kappa shape index (κ3) is 17.3.